The average Bonchev–Trinajstić information content (AvgIpc) is 3.57. The number of hydrogen-bond donors (Lipinski definition) is 3. The van der Waals surface area contributed by atoms with E-state index in [1.165, 1.54) is 6.42 Å². The normalized spacial score (nSPS) is 22.7. The van der Waals surface area contributed by atoms with E-state index in [4.69, 9.17) is 18.9 Å². The average molecular weight is 681 g/mol. The highest BCUT2D eigenvalue weighted by molar-refractivity contribution is 6.02. The topological polar surface area (TPSA) is 139 Å². The standard InChI is InChI=1S/C37H52N4O8/c1-24-20-41(25(2)22-42)36(44)30-18-28(38-37(45)39-29-14-16-32-33(19-29)48-23-47-32)13-15-31(30)49-26(3)10-8-9-17-46-34(24)21-40(4)35(43)27-11-6-5-7-12-27/h13-16,18-19,24-27,34,42H,5-12,17,20-23H2,1-4H3,(H2,38,39,45)/t24-,25+,26+,34-/m0/s1. The second-order valence-electron chi connectivity index (χ2n) is 13.7. The van der Waals surface area contributed by atoms with Gasteiger partial charge in [-0.2, -0.15) is 0 Å². The van der Waals surface area contributed by atoms with Crippen LogP contribution < -0.4 is 24.8 Å². The molecule has 12 nitrogen and oxygen atoms in total. The smallest absolute Gasteiger partial charge is 0.323 e. The lowest BCUT2D eigenvalue weighted by molar-refractivity contribution is -0.137. The molecular weight excluding hydrogens is 628 g/mol. The number of nitrogens with zero attached hydrogens (tertiary/aromatic N) is 2. The molecule has 0 radical (unpaired) electrons. The van der Waals surface area contributed by atoms with E-state index in [1.54, 1.807) is 53.1 Å². The molecule has 49 heavy (non-hydrogen) atoms. The van der Waals surface area contributed by atoms with Crippen LogP contribution in [0.4, 0.5) is 16.2 Å². The van der Waals surface area contributed by atoms with Crippen LogP contribution in [0.5, 0.6) is 17.2 Å². The maximum absolute atomic E-state index is 14.4. The Balaban J connectivity index is 1.36. The van der Waals surface area contributed by atoms with Crippen LogP contribution in [0, 0.1) is 11.8 Å². The molecule has 2 aromatic rings. The minimum Gasteiger partial charge on any atom is -0.490 e. The summed E-state index contributed by atoms with van der Waals surface area (Å²) in [4.78, 5) is 44.2. The van der Waals surface area contributed by atoms with Gasteiger partial charge in [-0.15, -0.1) is 0 Å². The number of rotatable bonds is 7. The molecule has 3 N–H and O–H groups in total. The Morgan fingerprint density at radius 3 is 2.35 bits per heavy atom. The Bertz CT molecular complexity index is 1450. The van der Waals surface area contributed by atoms with Crippen molar-refractivity contribution >= 4 is 29.2 Å². The van der Waals surface area contributed by atoms with Crippen LogP contribution in [0.25, 0.3) is 0 Å². The minimum absolute atomic E-state index is 0.0555. The second kappa shape index (κ2) is 17.1. The Kier molecular flexibility index (Phi) is 12.6. The van der Waals surface area contributed by atoms with Gasteiger partial charge in [0.2, 0.25) is 12.7 Å². The van der Waals surface area contributed by atoms with E-state index < -0.39 is 12.1 Å². The highest BCUT2D eigenvalue weighted by atomic mass is 16.7. The van der Waals surface area contributed by atoms with Crippen molar-refractivity contribution in [3.05, 3.63) is 42.0 Å². The zero-order chi connectivity index (χ0) is 34.9. The van der Waals surface area contributed by atoms with E-state index in [2.05, 4.69) is 10.6 Å². The van der Waals surface area contributed by atoms with Crippen molar-refractivity contribution in [2.75, 3.05) is 50.8 Å². The summed E-state index contributed by atoms with van der Waals surface area (Å²) in [6, 6.07) is 9.12. The van der Waals surface area contributed by atoms with Gasteiger partial charge < -0.3 is 44.5 Å². The summed E-state index contributed by atoms with van der Waals surface area (Å²) in [5.74, 6) is 1.29. The molecule has 4 atom stereocenters. The van der Waals surface area contributed by atoms with Gasteiger partial charge in [0.05, 0.1) is 30.4 Å². The number of hydrogen-bond acceptors (Lipinski definition) is 8. The first-order chi connectivity index (χ1) is 23.6. The van der Waals surface area contributed by atoms with E-state index in [0.717, 1.165) is 44.9 Å². The second-order valence-corrected chi connectivity index (χ2v) is 13.7. The van der Waals surface area contributed by atoms with Crippen LogP contribution in [0.15, 0.2) is 36.4 Å². The van der Waals surface area contributed by atoms with Crippen LogP contribution in [0.2, 0.25) is 0 Å². The van der Waals surface area contributed by atoms with E-state index in [1.807, 2.05) is 20.9 Å². The van der Waals surface area contributed by atoms with Gasteiger partial charge in [0.15, 0.2) is 11.5 Å². The fraction of sp³-hybridized carbons (Fsp3) is 0.595. The number of amides is 4. The van der Waals surface area contributed by atoms with Gasteiger partial charge >= 0.3 is 6.03 Å². The molecule has 4 amide bonds. The molecule has 3 aliphatic rings. The van der Waals surface area contributed by atoms with Crippen molar-refractivity contribution < 1.29 is 38.4 Å². The van der Waals surface area contributed by atoms with Crippen molar-refractivity contribution in [1.82, 2.24) is 9.80 Å². The van der Waals surface area contributed by atoms with Crippen molar-refractivity contribution in [1.29, 1.82) is 0 Å². The number of carbonyl (C=O) groups is 3. The van der Waals surface area contributed by atoms with Crippen LogP contribution in [0.3, 0.4) is 0 Å². The summed E-state index contributed by atoms with van der Waals surface area (Å²) in [5.41, 5.74) is 1.20. The molecule has 1 saturated carbocycles. The molecule has 1 aliphatic carbocycles. The molecule has 5 rings (SSSR count). The third-order valence-corrected chi connectivity index (χ3v) is 9.72. The maximum atomic E-state index is 14.4. The van der Waals surface area contributed by atoms with Gasteiger partial charge in [0, 0.05) is 56.0 Å². The number of anilines is 2. The number of ether oxygens (including phenoxy) is 4. The van der Waals surface area contributed by atoms with Gasteiger partial charge in [-0.1, -0.05) is 26.2 Å². The molecule has 0 unspecified atom stereocenters. The zero-order valence-corrected chi connectivity index (χ0v) is 29.2. The number of urea groups is 1. The first-order valence-corrected chi connectivity index (χ1v) is 17.7. The third-order valence-electron chi connectivity index (χ3n) is 9.72. The fourth-order valence-corrected chi connectivity index (χ4v) is 6.75. The number of aliphatic hydroxyl groups is 1. The highest BCUT2D eigenvalue weighted by Crippen LogP contribution is 2.34. The summed E-state index contributed by atoms with van der Waals surface area (Å²) in [6.45, 7) is 6.93. The Hall–Kier alpha value is -4.03. The van der Waals surface area contributed by atoms with E-state index in [0.29, 0.717) is 41.8 Å². The van der Waals surface area contributed by atoms with Gasteiger partial charge in [-0.3, -0.25) is 9.59 Å². The lowest BCUT2D eigenvalue weighted by atomic mass is 9.88. The SMILES string of the molecule is C[C@@H]1CCCCO[C@@H](CN(C)C(=O)C2CCCCC2)[C@@H](C)CN([C@H](C)CO)C(=O)c2cc(NC(=O)Nc3ccc4c(c3)OCO4)ccc2O1. The van der Waals surface area contributed by atoms with Crippen LogP contribution in [0.1, 0.15) is 82.5 Å². The van der Waals surface area contributed by atoms with Gasteiger partial charge in [-0.05, 0) is 76.3 Å². The van der Waals surface area contributed by atoms with Crippen molar-refractivity contribution in [2.24, 2.45) is 11.8 Å². The number of aliphatic hydroxyl groups excluding tert-OH is 1. The molecule has 0 bridgehead atoms. The van der Waals surface area contributed by atoms with Crippen molar-refractivity contribution in [2.45, 2.75) is 90.4 Å². The van der Waals surface area contributed by atoms with Crippen LogP contribution in [-0.4, -0.2) is 91.1 Å². The molecule has 2 aromatic carbocycles. The van der Waals surface area contributed by atoms with E-state index in [-0.39, 0.29) is 61.4 Å². The highest BCUT2D eigenvalue weighted by Gasteiger charge is 2.32. The molecule has 2 heterocycles. The molecular formula is C37H52N4O8. The predicted octanol–water partition coefficient (Wildman–Crippen LogP) is 5.89. The summed E-state index contributed by atoms with van der Waals surface area (Å²) < 4.78 is 23.5. The van der Waals surface area contributed by atoms with Gasteiger partial charge in [0.25, 0.3) is 5.91 Å². The van der Waals surface area contributed by atoms with Crippen LogP contribution in [-0.2, 0) is 9.53 Å². The zero-order valence-electron chi connectivity index (χ0n) is 29.2. The van der Waals surface area contributed by atoms with Crippen molar-refractivity contribution in [3.63, 3.8) is 0 Å². The molecule has 12 heteroatoms. The van der Waals surface area contributed by atoms with Gasteiger partial charge in [-0.25, -0.2) is 4.79 Å². The molecule has 0 spiro atoms. The molecule has 0 saturated heterocycles. The first-order valence-electron chi connectivity index (χ1n) is 17.7. The Labute approximate surface area is 289 Å². The quantitative estimate of drug-likeness (QED) is 0.329. The Morgan fingerprint density at radius 2 is 1.61 bits per heavy atom. The number of carbonyl (C=O) groups excluding carboxylic acids is 3. The lowest BCUT2D eigenvalue weighted by Crippen LogP contribution is -2.48. The molecule has 2 aliphatic heterocycles. The summed E-state index contributed by atoms with van der Waals surface area (Å²) in [5, 5.41) is 15.9. The summed E-state index contributed by atoms with van der Waals surface area (Å²) >= 11 is 0. The number of likely N-dealkylation sites (N-methyl/N-ethyl adjacent to an activating group) is 1. The molecule has 268 valence electrons. The first kappa shape index (κ1) is 36.3. The molecule has 1 fully saturated rings. The summed E-state index contributed by atoms with van der Waals surface area (Å²) in [7, 11) is 1.85. The fourth-order valence-electron chi connectivity index (χ4n) is 6.75. The monoisotopic (exact) mass is 680 g/mol. The third kappa shape index (κ3) is 9.57. The predicted molar refractivity (Wildman–Crippen MR) is 186 cm³/mol. The number of fused-ring (bicyclic) bond motifs is 2. The van der Waals surface area contributed by atoms with Crippen LogP contribution >= 0.6 is 0 Å². The van der Waals surface area contributed by atoms with Gasteiger partial charge in [0.1, 0.15) is 5.75 Å². The van der Waals surface area contributed by atoms with Crippen molar-refractivity contribution in [3.8, 4) is 17.2 Å². The summed E-state index contributed by atoms with van der Waals surface area (Å²) in [6.07, 6.45) is 7.19. The number of benzene rings is 2. The van der Waals surface area contributed by atoms with E-state index >= 15 is 0 Å². The van der Waals surface area contributed by atoms with E-state index in [9.17, 15) is 19.5 Å². The largest absolute Gasteiger partial charge is 0.490 e. The Morgan fingerprint density at radius 1 is 0.939 bits per heavy atom. The minimum atomic E-state index is -0.513. The number of nitrogens with one attached hydrogen (secondary N) is 2. The molecule has 0 aromatic heterocycles. The lowest BCUT2D eigenvalue weighted by Gasteiger charge is -2.36. The maximum Gasteiger partial charge on any atom is 0.323 e.